The molecule has 2 aliphatic heterocycles. The summed E-state index contributed by atoms with van der Waals surface area (Å²) in [5.74, 6) is -2.36. The Kier molecular flexibility index (Phi) is 3.92. The molecule has 0 unspecified atom stereocenters. The highest BCUT2D eigenvalue weighted by Crippen LogP contribution is 2.43. The van der Waals surface area contributed by atoms with E-state index < -0.39 is 28.9 Å². The molecule has 0 aliphatic carbocycles. The van der Waals surface area contributed by atoms with E-state index in [-0.39, 0.29) is 18.1 Å². The molecule has 21 heavy (non-hydrogen) atoms. The van der Waals surface area contributed by atoms with Gasteiger partial charge in [0.15, 0.2) is 0 Å². The van der Waals surface area contributed by atoms with Crippen molar-refractivity contribution < 1.29 is 29.0 Å². The van der Waals surface area contributed by atoms with Gasteiger partial charge in [-0.2, -0.15) is 0 Å². The van der Waals surface area contributed by atoms with Crippen LogP contribution in [0.3, 0.4) is 0 Å². The lowest BCUT2D eigenvalue weighted by atomic mass is 9.96. The summed E-state index contributed by atoms with van der Waals surface area (Å²) in [6.07, 6.45) is 0.300. The van der Waals surface area contributed by atoms with Gasteiger partial charge in [0.1, 0.15) is 17.7 Å². The number of aliphatic carboxylic acids is 1. The average molecular weight is 315 g/mol. The van der Waals surface area contributed by atoms with E-state index in [0.717, 1.165) is 4.90 Å². The fourth-order valence-corrected chi connectivity index (χ4v) is 3.54. The summed E-state index contributed by atoms with van der Waals surface area (Å²) in [7, 11) is 0. The van der Waals surface area contributed by atoms with Gasteiger partial charge in [-0.3, -0.25) is 25.0 Å². The molecule has 10 heteroatoms. The van der Waals surface area contributed by atoms with Gasteiger partial charge in [-0.15, -0.1) is 11.8 Å². The fraction of sp³-hybridized carbons (Fsp3) is 0.455. The third-order valence-corrected chi connectivity index (χ3v) is 4.55. The van der Waals surface area contributed by atoms with Gasteiger partial charge >= 0.3 is 11.9 Å². The van der Waals surface area contributed by atoms with Gasteiger partial charge in [-0.1, -0.05) is 0 Å². The Morgan fingerprint density at radius 1 is 1.67 bits per heavy atom. The molecule has 114 valence electrons. The van der Waals surface area contributed by atoms with Gasteiger partial charge in [0, 0.05) is 18.2 Å². The minimum Gasteiger partial charge on any atom is -0.477 e. The number of rotatable bonds is 5. The summed E-state index contributed by atoms with van der Waals surface area (Å²) in [4.78, 5) is 45.8. The van der Waals surface area contributed by atoms with E-state index in [1.165, 1.54) is 18.7 Å². The number of nitrogens with zero attached hydrogens (tertiary/aromatic N) is 1. The molecule has 0 aromatic carbocycles. The van der Waals surface area contributed by atoms with Crippen molar-refractivity contribution in [2.75, 3.05) is 12.4 Å². The second-order valence-electron chi connectivity index (χ2n) is 4.51. The SMILES string of the molecule is CC(=O)OCC1=C(C(=O)O)N2C(=O)[C@](N)(NC=O)[C@H]2SC1. The Balaban J connectivity index is 2.30. The number of carboxylic acid groups (broad SMARTS) is 1. The van der Waals surface area contributed by atoms with Crippen LogP contribution in [0.15, 0.2) is 11.3 Å². The number of nitrogens with two attached hydrogens (primary N) is 1. The van der Waals surface area contributed by atoms with Crippen molar-refractivity contribution in [3.63, 3.8) is 0 Å². The van der Waals surface area contributed by atoms with Crippen LogP contribution in [0.25, 0.3) is 0 Å². The zero-order chi connectivity index (χ0) is 15.8. The third-order valence-electron chi connectivity index (χ3n) is 3.14. The number of β-lactam (4-membered cyclic amide) rings is 1. The average Bonchev–Trinajstić information content (AvgIpc) is 2.43. The molecule has 0 spiro atoms. The van der Waals surface area contributed by atoms with Crippen molar-refractivity contribution in [1.82, 2.24) is 10.2 Å². The number of amides is 2. The number of hydrogen-bond donors (Lipinski definition) is 3. The van der Waals surface area contributed by atoms with E-state index in [1.807, 2.05) is 0 Å². The number of carbonyl (C=O) groups excluding carboxylic acids is 3. The molecule has 0 aromatic heterocycles. The van der Waals surface area contributed by atoms with E-state index in [0.29, 0.717) is 12.0 Å². The van der Waals surface area contributed by atoms with Crippen LogP contribution in [0, 0.1) is 0 Å². The van der Waals surface area contributed by atoms with E-state index in [9.17, 15) is 24.3 Å². The number of thioether (sulfide) groups is 1. The van der Waals surface area contributed by atoms with Crippen molar-refractivity contribution in [3.05, 3.63) is 11.3 Å². The van der Waals surface area contributed by atoms with Crippen LogP contribution in [-0.4, -0.2) is 57.7 Å². The molecular weight excluding hydrogens is 302 g/mol. The lowest BCUT2D eigenvalue weighted by molar-refractivity contribution is -0.157. The number of carboxylic acids is 1. The number of nitrogens with one attached hydrogen (secondary N) is 1. The van der Waals surface area contributed by atoms with Crippen LogP contribution >= 0.6 is 11.8 Å². The Hall–Kier alpha value is -2.07. The summed E-state index contributed by atoms with van der Waals surface area (Å²) in [5.41, 5.74) is 4.23. The van der Waals surface area contributed by atoms with Gasteiger partial charge in [0.25, 0.3) is 5.91 Å². The summed E-state index contributed by atoms with van der Waals surface area (Å²) < 4.78 is 4.79. The van der Waals surface area contributed by atoms with Gasteiger partial charge in [-0.05, 0) is 0 Å². The largest absolute Gasteiger partial charge is 0.477 e. The molecule has 2 rings (SSSR count). The number of fused-ring (bicyclic) bond motifs is 1. The van der Waals surface area contributed by atoms with Gasteiger partial charge < -0.3 is 15.2 Å². The molecule has 0 saturated carbocycles. The highest BCUT2D eigenvalue weighted by Gasteiger charge is 2.63. The molecule has 4 N–H and O–H groups in total. The van der Waals surface area contributed by atoms with E-state index >= 15 is 0 Å². The maximum atomic E-state index is 12.1. The summed E-state index contributed by atoms with van der Waals surface area (Å²) >= 11 is 1.19. The molecule has 0 aromatic rings. The zero-order valence-electron chi connectivity index (χ0n) is 11.0. The van der Waals surface area contributed by atoms with Crippen LogP contribution in [0.2, 0.25) is 0 Å². The third kappa shape index (κ3) is 2.36. The maximum absolute atomic E-state index is 12.1. The first-order valence-corrected chi connectivity index (χ1v) is 6.92. The molecule has 2 amide bonds. The van der Waals surface area contributed by atoms with Crippen LogP contribution in [-0.2, 0) is 23.9 Å². The van der Waals surface area contributed by atoms with Crippen LogP contribution in [0.1, 0.15) is 6.92 Å². The molecule has 1 saturated heterocycles. The Morgan fingerprint density at radius 3 is 2.86 bits per heavy atom. The molecule has 2 heterocycles. The smallest absolute Gasteiger partial charge is 0.352 e. The Morgan fingerprint density at radius 2 is 2.33 bits per heavy atom. The number of ether oxygens (including phenoxy) is 1. The number of esters is 1. The molecule has 9 nitrogen and oxygen atoms in total. The normalized spacial score (nSPS) is 27.6. The highest BCUT2D eigenvalue weighted by molar-refractivity contribution is 8.00. The monoisotopic (exact) mass is 315 g/mol. The van der Waals surface area contributed by atoms with Gasteiger partial charge in [-0.25, -0.2) is 4.79 Å². The Labute approximate surface area is 123 Å². The summed E-state index contributed by atoms with van der Waals surface area (Å²) in [6, 6.07) is 0. The predicted molar refractivity (Wildman–Crippen MR) is 70.5 cm³/mol. The first kappa shape index (κ1) is 15.3. The van der Waals surface area contributed by atoms with Crippen LogP contribution in [0.5, 0.6) is 0 Å². The second-order valence-corrected chi connectivity index (χ2v) is 5.58. The topological polar surface area (TPSA) is 139 Å². The molecule has 1 fully saturated rings. The minimum absolute atomic E-state index is 0.209. The minimum atomic E-state index is -1.61. The maximum Gasteiger partial charge on any atom is 0.352 e. The molecule has 0 bridgehead atoms. The second kappa shape index (κ2) is 5.37. The van der Waals surface area contributed by atoms with Crippen molar-refractivity contribution in [1.29, 1.82) is 0 Å². The summed E-state index contributed by atoms with van der Waals surface area (Å²) in [6.45, 7) is 0.993. The number of carbonyl (C=O) groups is 4. The molecular formula is C11H13N3O6S. The first-order valence-electron chi connectivity index (χ1n) is 5.87. The molecule has 2 atom stereocenters. The van der Waals surface area contributed by atoms with E-state index in [1.54, 1.807) is 0 Å². The lowest BCUT2D eigenvalue weighted by Gasteiger charge is -2.54. The fourth-order valence-electron chi connectivity index (χ4n) is 2.18. The van der Waals surface area contributed by atoms with Crippen molar-refractivity contribution in [2.45, 2.75) is 18.0 Å². The van der Waals surface area contributed by atoms with E-state index in [2.05, 4.69) is 5.32 Å². The first-order chi connectivity index (χ1) is 9.82. The predicted octanol–water partition coefficient (Wildman–Crippen LogP) is -1.80. The summed E-state index contributed by atoms with van der Waals surface area (Å²) in [5, 5.41) is 10.8. The molecule has 0 radical (unpaired) electrons. The van der Waals surface area contributed by atoms with Gasteiger partial charge in [0.2, 0.25) is 12.1 Å². The van der Waals surface area contributed by atoms with Crippen molar-refractivity contribution in [3.8, 4) is 0 Å². The lowest BCUT2D eigenvalue weighted by Crippen LogP contribution is -2.83. The van der Waals surface area contributed by atoms with Crippen molar-refractivity contribution in [2.24, 2.45) is 5.73 Å². The number of hydrogen-bond acceptors (Lipinski definition) is 7. The van der Waals surface area contributed by atoms with E-state index in [4.69, 9.17) is 10.5 Å². The van der Waals surface area contributed by atoms with Crippen molar-refractivity contribution >= 4 is 36.0 Å². The van der Waals surface area contributed by atoms with Crippen LogP contribution < -0.4 is 11.1 Å². The Bertz CT molecular complexity index is 562. The highest BCUT2D eigenvalue weighted by atomic mass is 32.2. The molecule has 2 aliphatic rings. The van der Waals surface area contributed by atoms with Gasteiger partial charge in [0.05, 0.1) is 0 Å². The standard InChI is InChI=1S/C11H13N3O6S/c1-5(16)20-2-6-3-21-10-11(12,13-4-15)9(19)14(10)7(6)8(17)18/h4,10H,2-3,12H2,1H3,(H,13,15)(H,17,18)/t10-,11+/m1/s1. The quantitative estimate of drug-likeness (QED) is 0.234. The van der Waals surface area contributed by atoms with Crippen LogP contribution in [0.4, 0.5) is 0 Å². The zero-order valence-corrected chi connectivity index (χ0v) is 11.8.